The summed E-state index contributed by atoms with van der Waals surface area (Å²) in [7, 11) is 0. The first kappa shape index (κ1) is 14.6. The highest BCUT2D eigenvalue weighted by Crippen LogP contribution is 2.27. The molecular formula is C15H13BrN2OS. The molecule has 1 aromatic heterocycles. The Morgan fingerprint density at radius 2 is 1.80 bits per heavy atom. The summed E-state index contributed by atoms with van der Waals surface area (Å²) < 4.78 is 0. The lowest BCUT2D eigenvalue weighted by Gasteiger charge is -2.02. The van der Waals surface area contributed by atoms with Gasteiger partial charge in [-0.15, -0.1) is 28.3 Å². The molecule has 0 saturated heterocycles. The highest BCUT2D eigenvalue weighted by molar-refractivity contribution is 8.93. The van der Waals surface area contributed by atoms with Crippen LogP contribution in [-0.4, -0.2) is 10.1 Å². The molecule has 2 aromatic carbocycles. The predicted octanol–water partition coefficient (Wildman–Crippen LogP) is 4.84. The van der Waals surface area contributed by atoms with E-state index < -0.39 is 0 Å². The van der Waals surface area contributed by atoms with Gasteiger partial charge in [0.2, 0.25) is 0 Å². The van der Waals surface area contributed by atoms with Crippen molar-refractivity contribution in [3.05, 3.63) is 60.0 Å². The number of thiazole rings is 1. The number of benzene rings is 2. The number of aromatic hydroxyl groups is 1. The zero-order valence-electron chi connectivity index (χ0n) is 10.5. The molecule has 0 aliphatic carbocycles. The van der Waals surface area contributed by atoms with E-state index in [0.717, 1.165) is 22.1 Å². The van der Waals surface area contributed by atoms with Gasteiger partial charge in [0.25, 0.3) is 0 Å². The van der Waals surface area contributed by atoms with Crippen molar-refractivity contribution in [2.75, 3.05) is 5.32 Å². The second-order valence-corrected chi connectivity index (χ2v) is 4.94. The van der Waals surface area contributed by atoms with Gasteiger partial charge in [-0.2, -0.15) is 0 Å². The number of aromatic nitrogens is 1. The molecule has 0 fully saturated rings. The van der Waals surface area contributed by atoms with Crippen molar-refractivity contribution >= 4 is 39.1 Å². The fourth-order valence-corrected chi connectivity index (χ4v) is 2.52. The van der Waals surface area contributed by atoms with E-state index >= 15 is 0 Å². The quantitative estimate of drug-likeness (QED) is 0.711. The van der Waals surface area contributed by atoms with E-state index in [1.807, 2.05) is 41.8 Å². The predicted molar refractivity (Wildman–Crippen MR) is 89.3 cm³/mol. The lowest BCUT2D eigenvalue weighted by molar-refractivity contribution is 0.475. The molecule has 3 rings (SSSR count). The van der Waals surface area contributed by atoms with Crippen LogP contribution in [0, 0.1) is 0 Å². The van der Waals surface area contributed by atoms with E-state index in [4.69, 9.17) is 0 Å². The first-order valence-corrected chi connectivity index (χ1v) is 6.76. The maximum absolute atomic E-state index is 9.42. The van der Waals surface area contributed by atoms with Crippen LogP contribution < -0.4 is 5.32 Å². The molecule has 102 valence electrons. The number of phenols is 1. The fraction of sp³-hybridized carbons (Fsp3) is 0. The number of hydrogen-bond donors (Lipinski definition) is 2. The molecule has 0 saturated carbocycles. The molecule has 5 heteroatoms. The Kier molecular flexibility index (Phi) is 4.76. The van der Waals surface area contributed by atoms with Gasteiger partial charge in [-0.3, -0.25) is 0 Å². The molecule has 20 heavy (non-hydrogen) atoms. The van der Waals surface area contributed by atoms with Gasteiger partial charge in [-0.25, -0.2) is 4.98 Å². The molecule has 0 amide bonds. The third kappa shape index (κ3) is 3.37. The maximum Gasteiger partial charge on any atom is 0.187 e. The van der Waals surface area contributed by atoms with Crippen LogP contribution in [0.15, 0.2) is 60.0 Å². The van der Waals surface area contributed by atoms with Crippen molar-refractivity contribution < 1.29 is 5.11 Å². The van der Waals surface area contributed by atoms with E-state index in [2.05, 4.69) is 10.3 Å². The van der Waals surface area contributed by atoms with E-state index in [-0.39, 0.29) is 22.7 Å². The summed E-state index contributed by atoms with van der Waals surface area (Å²) >= 11 is 1.54. The number of halogens is 1. The van der Waals surface area contributed by atoms with Crippen LogP contribution in [0.4, 0.5) is 10.8 Å². The SMILES string of the molecule is Br.Oc1cccc(Nc2nc(-c3ccccc3)cs2)c1. The lowest BCUT2D eigenvalue weighted by atomic mass is 10.2. The van der Waals surface area contributed by atoms with Gasteiger partial charge < -0.3 is 10.4 Å². The minimum atomic E-state index is 0. The van der Waals surface area contributed by atoms with Crippen LogP contribution in [-0.2, 0) is 0 Å². The number of hydrogen-bond acceptors (Lipinski definition) is 4. The van der Waals surface area contributed by atoms with Crippen LogP contribution in [0.3, 0.4) is 0 Å². The van der Waals surface area contributed by atoms with Crippen molar-refractivity contribution in [3.63, 3.8) is 0 Å². The average molecular weight is 349 g/mol. The largest absolute Gasteiger partial charge is 0.508 e. The number of rotatable bonds is 3. The number of nitrogens with zero attached hydrogens (tertiary/aromatic N) is 1. The van der Waals surface area contributed by atoms with E-state index in [9.17, 15) is 5.11 Å². The Morgan fingerprint density at radius 1 is 1.00 bits per heavy atom. The van der Waals surface area contributed by atoms with Gasteiger partial charge in [0, 0.05) is 22.7 Å². The third-order valence-corrected chi connectivity index (χ3v) is 3.43. The summed E-state index contributed by atoms with van der Waals surface area (Å²) in [5, 5.41) is 15.4. The van der Waals surface area contributed by atoms with Crippen LogP contribution in [0.25, 0.3) is 11.3 Å². The molecule has 2 N–H and O–H groups in total. The summed E-state index contributed by atoms with van der Waals surface area (Å²) in [6, 6.07) is 17.1. The standard InChI is InChI=1S/C15H12N2OS.BrH/c18-13-8-4-7-12(9-13)16-15-17-14(10-19-15)11-5-2-1-3-6-11;/h1-10,18H,(H,16,17);1H. The second-order valence-electron chi connectivity index (χ2n) is 4.08. The highest BCUT2D eigenvalue weighted by Gasteiger charge is 2.04. The maximum atomic E-state index is 9.42. The Morgan fingerprint density at radius 3 is 2.55 bits per heavy atom. The Labute approximate surface area is 131 Å². The fourth-order valence-electron chi connectivity index (χ4n) is 1.78. The minimum Gasteiger partial charge on any atom is -0.508 e. The van der Waals surface area contributed by atoms with E-state index in [1.54, 1.807) is 29.5 Å². The van der Waals surface area contributed by atoms with Gasteiger partial charge >= 0.3 is 0 Å². The molecule has 0 aliphatic rings. The molecule has 3 aromatic rings. The molecule has 0 unspecified atom stereocenters. The Balaban J connectivity index is 0.00000147. The number of anilines is 2. The molecule has 0 atom stereocenters. The molecule has 1 heterocycles. The highest BCUT2D eigenvalue weighted by atomic mass is 79.9. The zero-order chi connectivity index (χ0) is 13.1. The van der Waals surface area contributed by atoms with Gasteiger partial charge in [0.05, 0.1) is 5.69 Å². The lowest BCUT2D eigenvalue weighted by Crippen LogP contribution is -1.88. The summed E-state index contributed by atoms with van der Waals surface area (Å²) in [6.07, 6.45) is 0. The molecule has 3 nitrogen and oxygen atoms in total. The van der Waals surface area contributed by atoms with Gasteiger partial charge in [-0.05, 0) is 12.1 Å². The number of nitrogens with one attached hydrogen (secondary N) is 1. The van der Waals surface area contributed by atoms with Crippen molar-refractivity contribution in [1.29, 1.82) is 0 Å². The molecule has 0 bridgehead atoms. The Hall–Kier alpha value is -1.85. The topological polar surface area (TPSA) is 45.1 Å². The normalized spacial score (nSPS) is 9.80. The van der Waals surface area contributed by atoms with E-state index in [0.29, 0.717) is 0 Å². The van der Waals surface area contributed by atoms with Crippen LogP contribution in [0.5, 0.6) is 5.75 Å². The first-order chi connectivity index (χ1) is 9.31. The number of phenolic OH excluding ortho intramolecular Hbond substituents is 1. The van der Waals surface area contributed by atoms with Gasteiger partial charge in [0.15, 0.2) is 5.13 Å². The zero-order valence-corrected chi connectivity index (χ0v) is 13.0. The average Bonchev–Trinajstić information content (AvgIpc) is 2.88. The van der Waals surface area contributed by atoms with Crippen molar-refractivity contribution in [2.45, 2.75) is 0 Å². The minimum absolute atomic E-state index is 0. The Bertz CT molecular complexity index is 685. The van der Waals surface area contributed by atoms with Crippen LogP contribution in [0.2, 0.25) is 0 Å². The van der Waals surface area contributed by atoms with Crippen molar-refractivity contribution in [2.24, 2.45) is 0 Å². The van der Waals surface area contributed by atoms with Crippen LogP contribution >= 0.6 is 28.3 Å². The van der Waals surface area contributed by atoms with Crippen molar-refractivity contribution in [3.8, 4) is 17.0 Å². The van der Waals surface area contributed by atoms with Gasteiger partial charge in [0.1, 0.15) is 5.75 Å². The van der Waals surface area contributed by atoms with E-state index in [1.165, 1.54) is 0 Å². The summed E-state index contributed by atoms with van der Waals surface area (Å²) in [4.78, 5) is 4.53. The van der Waals surface area contributed by atoms with Crippen LogP contribution in [0.1, 0.15) is 0 Å². The molecule has 0 spiro atoms. The first-order valence-electron chi connectivity index (χ1n) is 5.88. The third-order valence-electron chi connectivity index (χ3n) is 2.67. The molecule has 0 aliphatic heterocycles. The molecular weight excluding hydrogens is 336 g/mol. The summed E-state index contributed by atoms with van der Waals surface area (Å²) in [5.41, 5.74) is 2.88. The summed E-state index contributed by atoms with van der Waals surface area (Å²) in [6.45, 7) is 0. The monoisotopic (exact) mass is 348 g/mol. The van der Waals surface area contributed by atoms with Crippen molar-refractivity contribution in [1.82, 2.24) is 4.98 Å². The smallest absolute Gasteiger partial charge is 0.187 e. The van der Waals surface area contributed by atoms with Gasteiger partial charge in [-0.1, -0.05) is 36.4 Å². The summed E-state index contributed by atoms with van der Waals surface area (Å²) in [5.74, 6) is 0.241. The second kappa shape index (κ2) is 6.54. The molecule has 0 radical (unpaired) electrons.